The Morgan fingerprint density at radius 3 is 2.23 bits per heavy atom. The standard InChI is InChI=1S/C27H41N3O3S2/c1-17(2)21-12-19(16-33-20-10-8-9-11-20)13-22(18(3)4)23(21)14-24(31)30-35(28,32)25-15-29-26(34-25)27(5,6)7/h12-13,15,17-18,20H,8-11,14,16H2,1-7H3,(H2,28,30,31,32). The van der Waals surface area contributed by atoms with Crippen LogP contribution < -0.4 is 5.14 Å². The van der Waals surface area contributed by atoms with Gasteiger partial charge < -0.3 is 4.74 Å². The second kappa shape index (κ2) is 11.2. The predicted octanol–water partition coefficient (Wildman–Crippen LogP) is 6.62. The van der Waals surface area contributed by atoms with Crippen LogP contribution in [0.2, 0.25) is 0 Å². The van der Waals surface area contributed by atoms with Gasteiger partial charge in [-0.1, -0.05) is 73.4 Å². The van der Waals surface area contributed by atoms with Gasteiger partial charge in [-0.2, -0.15) is 0 Å². The number of aromatic nitrogens is 1. The van der Waals surface area contributed by atoms with Gasteiger partial charge in [-0.15, -0.1) is 15.7 Å². The average Bonchev–Trinajstić information content (AvgIpc) is 3.44. The molecule has 2 N–H and O–H groups in total. The molecular weight excluding hydrogens is 478 g/mol. The molecule has 0 spiro atoms. The van der Waals surface area contributed by atoms with Crippen LogP contribution >= 0.6 is 11.3 Å². The third kappa shape index (κ3) is 7.21. The lowest BCUT2D eigenvalue weighted by Crippen LogP contribution is -2.16. The third-order valence-electron chi connectivity index (χ3n) is 6.39. The number of nitrogens with zero attached hydrogens (tertiary/aromatic N) is 2. The van der Waals surface area contributed by atoms with Crippen LogP contribution in [0.5, 0.6) is 0 Å². The zero-order valence-electron chi connectivity index (χ0n) is 22.2. The maximum Gasteiger partial charge on any atom is 0.259 e. The molecule has 1 saturated carbocycles. The molecule has 1 unspecified atom stereocenters. The first-order valence-electron chi connectivity index (χ1n) is 12.6. The molecule has 1 atom stereocenters. The highest BCUT2D eigenvalue weighted by Crippen LogP contribution is 2.32. The highest BCUT2D eigenvalue weighted by molar-refractivity contribution is 7.93. The van der Waals surface area contributed by atoms with Crippen molar-refractivity contribution in [3.05, 3.63) is 45.6 Å². The maximum atomic E-state index is 13.2. The zero-order valence-corrected chi connectivity index (χ0v) is 23.9. The number of nitrogens with two attached hydrogens (primary N) is 1. The number of carbonyl (C=O) groups excluding carboxylic acids is 1. The van der Waals surface area contributed by atoms with Gasteiger partial charge in [0.15, 0.2) is 9.92 Å². The largest absolute Gasteiger partial charge is 0.374 e. The predicted molar refractivity (Wildman–Crippen MR) is 144 cm³/mol. The summed E-state index contributed by atoms with van der Waals surface area (Å²) >= 11 is 1.26. The fraction of sp³-hybridized carbons (Fsp3) is 0.630. The number of carbonyl (C=O) groups is 1. The molecule has 1 aromatic carbocycles. The van der Waals surface area contributed by atoms with Crippen molar-refractivity contribution in [3.8, 4) is 0 Å². The number of amides is 1. The van der Waals surface area contributed by atoms with E-state index in [0.29, 0.717) is 16.9 Å². The van der Waals surface area contributed by atoms with E-state index in [-0.39, 0.29) is 23.7 Å². The second-order valence-corrected chi connectivity index (χ2v) is 14.3. The molecule has 0 saturated heterocycles. The molecule has 6 nitrogen and oxygen atoms in total. The van der Waals surface area contributed by atoms with Gasteiger partial charge in [-0.25, -0.2) is 14.3 Å². The van der Waals surface area contributed by atoms with E-state index in [4.69, 9.17) is 9.88 Å². The van der Waals surface area contributed by atoms with Crippen LogP contribution in [0.4, 0.5) is 0 Å². The van der Waals surface area contributed by atoms with E-state index in [1.54, 1.807) is 0 Å². The molecule has 0 radical (unpaired) electrons. The van der Waals surface area contributed by atoms with Gasteiger partial charge in [0.05, 0.1) is 30.3 Å². The normalized spacial score (nSPS) is 16.7. The average molecular weight is 520 g/mol. The number of benzene rings is 1. The van der Waals surface area contributed by atoms with Gasteiger partial charge in [0.2, 0.25) is 0 Å². The van der Waals surface area contributed by atoms with Crippen molar-refractivity contribution in [3.63, 3.8) is 0 Å². The minimum absolute atomic E-state index is 0.0733. The first-order valence-corrected chi connectivity index (χ1v) is 15.0. The van der Waals surface area contributed by atoms with E-state index >= 15 is 0 Å². The Balaban J connectivity index is 1.90. The lowest BCUT2D eigenvalue weighted by molar-refractivity contribution is -0.117. The Morgan fingerprint density at radius 2 is 1.74 bits per heavy atom. The molecule has 0 aliphatic heterocycles. The Labute approximate surface area is 215 Å². The fourth-order valence-corrected chi connectivity index (χ4v) is 6.68. The van der Waals surface area contributed by atoms with Gasteiger partial charge in [0.1, 0.15) is 4.21 Å². The van der Waals surface area contributed by atoms with Crippen LogP contribution in [0.25, 0.3) is 0 Å². The van der Waals surface area contributed by atoms with Crippen LogP contribution in [-0.4, -0.2) is 21.2 Å². The number of hydrogen-bond acceptors (Lipinski definition) is 5. The van der Waals surface area contributed by atoms with Crippen molar-refractivity contribution < 1.29 is 13.7 Å². The summed E-state index contributed by atoms with van der Waals surface area (Å²) in [5.74, 6) is -0.0263. The Hall–Kier alpha value is -1.61. The molecule has 0 bridgehead atoms. The van der Waals surface area contributed by atoms with E-state index in [1.807, 2.05) is 20.8 Å². The highest BCUT2D eigenvalue weighted by Gasteiger charge is 2.23. The van der Waals surface area contributed by atoms with E-state index in [0.717, 1.165) is 40.1 Å². The van der Waals surface area contributed by atoms with Gasteiger partial charge in [-0.3, -0.25) is 4.79 Å². The van der Waals surface area contributed by atoms with Crippen LogP contribution in [0.15, 0.2) is 26.9 Å². The summed E-state index contributed by atoms with van der Waals surface area (Å²) < 4.78 is 23.7. The molecule has 1 aliphatic carbocycles. The fourth-order valence-electron chi connectivity index (χ4n) is 4.49. The number of thiazole rings is 1. The first-order chi connectivity index (χ1) is 16.3. The lowest BCUT2D eigenvalue weighted by atomic mass is 9.85. The highest BCUT2D eigenvalue weighted by atomic mass is 32.2. The molecule has 3 rings (SSSR count). The minimum atomic E-state index is -3.35. The second-order valence-electron chi connectivity index (χ2n) is 11.2. The topological polar surface area (TPSA) is 94.6 Å². The number of ether oxygens (including phenoxy) is 1. The quantitative estimate of drug-likeness (QED) is 0.424. The summed E-state index contributed by atoms with van der Waals surface area (Å²) in [6, 6.07) is 4.32. The van der Waals surface area contributed by atoms with Crippen molar-refractivity contribution in [2.45, 2.75) is 115 Å². The van der Waals surface area contributed by atoms with Crippen LogP contribution in [-0.2, 0) is 37.9 Å². The molecular formula is C27H41N3O3S2. The summed E-state index contributed by atoms with van der Waals surface area (Å²) in [5, 5.41) is 6.88. The van der Waals surface area contributed by atoms with Gasteiger partial charge in [-0.05, 0) is 46.9 Å². The van der Waals surface area contributed by atoms with Crippen molar-refractivity contribution in [1.82, 2.24) is 4.98 Å². The minimum Gasteiger partial charge on any atom is -0.374 e. The molecule has 1 amide bonds. The van der Waals surface area contributed by atoms with Crippen molar-refractivity contribution in [2.75, 3.05) is 0 Å². The monoisotopic (exact) mass is 519 g/mol. The van der Waals surface area contributed by atoms with Crippen LogP contribution in [0.3, 0.4) is 0 Å². The maximum absolute atomic E-state index is 13.2. The van der Waals surface area contributed by atoms with Gasteiger partial charge in [0, 0.05) is 5.41 Å². The van der Waals surface area contributed by atoms with Crippen molar-refractivity contribution >= 4 is 27.2 Å². The molecule has 1 heterocycles. The summed E-state index contributed by atoms with van der Waals surface area (Å²) in [5.41, 5.74) is 4.13. The third-order valence-corrected chi connectivity index (χ3v) is 9.73. The summed E-state index contributed by atoms with van der Waals surface area (Å²) in [6.07, 6.45) is 6.67. The Bertz CT molecular complexity index is 1130. The molecule has 1 aromatic heterocycles. The molecule has 8 heteroatoms. The summed E-state index contributed by atoms with van der Waals surface area (Å²) in [6.45, 7) is 15.2. The first kappa shape index (κ1) is 28.0. The number of hydrogen-bond donors (Lipinski definition) is 1. The Kier molecular flexibility index (Phi) is 8.95. The summed E-state index contributed by atoms with van der Waals surface area (Å²) in [7, 11) is -3.35. The van der Waals surface area contributed by atoms with Crippen LogP contribution in [0, 0.1) is 0 Å². The molecule has 194 valence electrons. The van der Waals surface area contributed by atoms with Crippen molar-refractivity contribution in [1.29, 1.82) is 0 Å². The molecule has 1 aliphatic rings. The van der Waals surface area contributed by atoms with Crippen LogP contribution in [0.1, 0.15) is 113 Å². The Morgan fingerprint density at radius 1 is 1.17 bits per heavy atom. The molecule has 35 heavy (non-hydrogen) atoms. The van der Waals surface area contributed by atoms with E-state index in [9.17, 15) is 9.00 Å². The smallest absolute Gasteiger partial charge is 0.259 e. The summed E-state index contributed by atoms with van der Waals surface area (Å²) in [4.78, 5) is 17.4. The number of rotatable bonds is 8. The van der Waals surface area contributed by atoms with E-state index < -0.39 is 15.8 Å². The van der Waals surface area contributed by atoms with E-state index in [2.05, 4.69) is 49.2 Å². The lowest BCUT2D eigenvalue weighted by Gasteiger charge is -2.22. The van der Waals surface area contributed by atoms with Crippen molar-refractivity contribution in [2.24, 2.45) is 9.50 Å². The molecule has 1 fully saturated rings. The van der Waals surface area contributed by atoms with E-state index in [1.165, 1.54) is 30.4 Å². The van der Waals surface area contributed by atoms with Gasteiger partial charge >= 0.3 is 0 Å². The SMILES string of the molecule is CC(C)c1cc(COC2CCCC2)cc(C(C)C)c1CC(=O)N=S(N)(=O)c1cnc(C(C)(C)C)s1. The zero-order chi connectivity index (χ0) is 26.0. The molecule has 2 aromatic rings. The van der Waals surface area contributed by atoms with Gasteiger partial charge in [0.25, 0.3) is 5.91 Å².